The van der Waals surface area contributed by atoms with Crippen molar-refractivity contribution in [2.24, 2.45) is 0 Å². The van der Waals surface area contributed by atoms with Gasteiger partial charge < -0.3 is 9.80 Å². The number of rotatable bonds is 7. The maximum atomic E-state index is 11.9. The molecule has 0 aliphatic carbocycles. The minimum absolute atomic E-state index is 0.298. The van der Waals surface area contributed by atoms with Crippen molar-refractivity contribution in [2.45, 2.75) is 45.6 Å². The van der Waals surface area contributed by atoms with Crippen LogP contribution in [0.3, 0.4) is 0 Å². The molecular formula is C14H28N3O. The molecule has 0 bridgehead atoms. The highest BCUT2D eigenvalue weighted by Gasteiger charge is 2.18. The van der Waals surface area contributed by atoms with Gasteiger partial charge in [0.05, 0.1) is 0 Å². The first-order valence-corrected chi connectivity index (χ1v) is 7.30. The lowest BCUT2D eigenvalue weighted by molar-refractivity contribution is -0.131. The van der Waals surface area contributed by atoms with E-state index in [1.165, 1.54) is 12.8 Å². The Morgan fingerprint density at radius 3 is 2.39 bits per heavy atom. The topological polar surface area (TPSA) is 37.7 Å². The standard InChI is InChI=1S/C14H28N3O/c1-4-17(5-2)14(18)7-6-12-16(3)13-8-10-15-11-9-13/h13H,4-12H2,1-3H3. The molecule has 105 valence electrons. The van der Waals surface area contributed by atoms with Crippen molar-refractivity contribution in [1.82, 2.24) is 15.1 Å². The second-order valence-electron chi connectivity index (χ2n) is 5.05. The molecule has 0 aromatic rings. The third-order valence-electron chi connectivity index (χ3n) is 3.88. The molecule has 1 fully saturated rings. The van der Waals surface area contributed by atoms with E-state index in [4.69, 9.17) is 0 Å². The number of nitrogens with zero attached hydrogens (tertiary/aromatic N) is 3. The Balaban J connectivity index is 2.18. The van der Waals surface area contributed by atoms with E-state index in [2.05, 4.69) is 17.3 Å². The summed E-state index contributed by atoms with van der Waals surface area (Å²) in [6.07, 6.45) is 4.02. The molecule has 18 heavy (non-hydrogen) atoms. The van der Waals surface area contributed by atoms with Gasteiger partial charge in [-0.25, -0.2) is 5.32 Å². The number of amides is 1. The van der Waals surface area contributed by atoms with Gasteiger partial charge in [-0.05, 0) is 46.7 Å². The molecule has 0 unspecified atom stereocenters. The molecule has 0 aromatic heterocycles. The molecule has 0 spiro atoms. The van der Waals surface area contributed by atoms with E-state index in [-0.39, 0.29) is 0 Å². The molecule has 4 nitrogen and oxygen atoms in total. The Kier molecular flexibility index (Phi) is 7.28. The maximum Gasteiger partial charge on any atom is 0.222 e. The van der Waals surface area contributed by atoms with Gasteiger partial charge in [0.25, 0.3) is 0 Å². The van der Waals surface area contributed by atoms with Crippen molar-refractivity contribution in [3.63, 3.8) is 0 Å². The summed E-state index contributed by atoms with van der Waals surface area (Å²) in [6.45, 7) is 8.78. The fourth-order valence-electron chi connectivity index (χ4n) is 2.57. The first-order chi connectivity index (χ1) is 8.69. The van der Waals surface area contributed by atoms with E-state index in [0.717, 1.165) is 39.1 Å². The lowest BCUT2D eigenvalue weighted by Gasteiger charge is -2.31. The Bertz CT molecular complexity index is 235. The van der Waals surface area contributed by atoms with Crippen LogP contribution in [0.1, 0.15) is 39.5 Å². The van der Waals surface area contributed by atoms with E-state index in [1.54, 1.807) is 0 Å². The first-order valence-electron chi connectivity index (χ1n) is 7.30. The van der Waals surface area contributed by atoms with Gasteiger partial charge in [-0.3, -0.25) is 4.79 Å². The van der Waals surface area contributed by atoms with E-state index < -0.39 is 0 Å². The fourth-order valence-corrected chi connectivity index (χ4v) is 2.57. The second-order valence-corrected chi connectivity index (χ2v) is 5.05. The van der Waals surface area contributed by atoms with Crippen LogP contribution in [0.25, 0.3) is 0 Å². The van der Waals surface area contributed by atoms with Crippen molar-refractivity contribution in [3.8, 4) is 0 Å². The zero-order chi connectivity index (χ0) is 13.4. The average molecular weight is 254 g/mol. The molecule has 1 saturated heterocycles. The van der Waals surface area contributed by atoms with Crippen molar-refractivity contribution < 1.29 is 4.79 Å². The molecule has 1 aliphatic rings. The van der Waals surface area contributed by atoms with Crippen LogP contribution in [0.2, 0.25) is 0 Å². The molecule has 0 N–H and O–H groups in total. The minimum atomic E-state index is 0.298. The lowest BCUT2D eigenvalue weighted by Crippen LogP contribution is -2.39. The molecule has 1 aliphatic heterocycles. The monoisotopic (exact) mass is 254 g/mol. The highest BCUT2D eigenvalue weighted by Crippen LogP contribution is 2.11. The summed E-state index contributed by atoms with van der Waals surface area (Å²) in [5, 5.41) is 4.38. The molecule has 1 radical (unpaired) electrons. The molecule has 4 heteroatoms. The SMILES string of the molecule is CCN(CC)C(=O)CCCN(C)C1CC[N]CC1. The van der Waals surface area contributed by atoms with Crippen LogP contribution in [0.5, 0.6) is 0 Å². The summed E-state index contributed by atoms with van der Waals surface area (Å²) in [5.41, 5.74) is 0. The number of carbonyl (C=O) groups is 1. The summed E-state index contributed by atoms with van der Waals surface area (Å²) in [5.74, 6) is 0.298. The second kappa shape index (κ2) is 8.48. The van der Waals surface area contributed by atoms with Gasteiger partial charge in [-0.1, -0.05) is 0 Å². The molecule has 1 rings (SSSR count). The first kappa shape index (κ1) is 15.4. The van der Waals surface area contributed by atoms with Crippen LogP contribution >= 0.6 is 0 Å². The van der Waals surface area contributed by atoms with Crippen LogP contribution < -0.4 is 5.32 Å². The molecular weight excluding hydrogens is 226 g/mol. The van der Waals surface area contributed by atoms with E-state index in [0.29, 0.717) is 18.4 Å². The van der Waals surface area contributed by atoms with Crippen LogP contribution in [0.4, 0.5) is 0 Å². The maximum absolute atomic E-state index is 11.9. The van der Waals surface area contributed by atoms with Gasteiger partial charge >= 0.3 is 0 Å². The Morgan fingerprint density at radius 1 is 1.22 bits per heavy atom. The van der Waals surface area contributed by atoms with Gasteiger partial charge in [0.1, 0.15) is 0 Å². The lowest BCUT2D eigenvalue weighted by atomic mass is 10.1. The largest absolute Gasteiger partial charge is 0.343 e. The van der Waals surface area contributed by atoms with Gasteiger partial charge in [0, 0.05) is 38.6 Å². The third-order valence-corrected chi connectivity index (χ3v) is 3.88. The molecule has 1 heterocycles. The van der Waals surface area contributed by atoms with Crippen molar-refractivity contribution in [1.29, 1.82) is 0 Å². The molecule has 0 aromatic carbocycles. The fraction of sp³-hybridized carbons (Fsp3) is 0.929. The highest BCUT2D eigenvalue weighted by molar-refractivity contribution is 5.76. The van der Waals surface area contributed by atoms with Gasteiger partial charge in [-0.2, -0.15) is 0 Å². The zero-order valence-corrected chi connectivity index (χ0v) is 12.2. The number of piperidine rings is 1. The third kappa shape index (κ3) is 4.94. The molecule has 0 atom stereocenters. The number of hydrogen-bond acceptors (Lipinski definition) is 2. The predicted molar refractivity (Wildman–Crippen MR) is 74.7 cm³/mol. The Hall–Kier alpha value is -0.610. The molecule has 1 amide bonds. The summed E-state index contributed by atoms with van der Waals surface area (Å²) >= 11 is 0. The quantitative estimate of drug-likeness (QED) is 0.687. The highest BCUT2D eigenvalue weighted by atomic mass is 16.2. The van der Waals surface area contributed by atoms with Gasteiger partial charge in [0.15, 0.2) is 0 Å². The normalized spacial score (nSPS) is 17.1. The van der Waals surface area contributed by atoms with E-state index in [9.17, 15) is 4.79 Å². The van der Waals surface area contributed by atoms with Crippen LogP contribution in [-0.2, 0) is 4.79 Å². The van der Waals surface area contributed by atoms with Crippen LogP contribution in [0.15, 0.2) is 0 Å². The Labute approximate surface area is 112 Å². The van der Waals surface area contributed by atoms with Crippen molar-refractivity contribution in [2.75, 3.05) is 39.8 Å². The summed E-state index contributed by atoms with van der Waals surface area (Å²) in [4.78, 5) is 16.2. The predicted octanol–water partition coefficient (Wildman–Crippen LogP) is 1.33. The van der Waals surface area contributed by atoms with Crippen LogP contribution in [-0.4, -0.2) is 61.5 Å². The number of hydrogen-bond donors (Lipinski definition) is 0. The minimum Gasteiger partial charge on any atom is -0.343 e. The van der Waals surface area contributed by atoms with Gasteiger partial charge in [0.2, 0.25) is 5.91 Å². The molecule has 0 saturated carbocycles. The van der Waals surface area contributed by atoms with Crippen molar-refractivity contribution in [3.05, 3.63) is 0 Å². The smallest absolute Gasteiger partial charge is 0.222 e. The zero-order valence-electron chi connectivity index (χ0n) is 12.2. The van der Waals surface area contributed by atoms with Gasteiger partial charge in [-0.15, -0.1) is 0 Å². The van der Waals surface area contributed by atoms with Crippen LogP contribution in [0, 0.1) is 0 Å². The van der Waals surface area contributed by atoms with Crippen molar-refractivity contribution >= 4 is 5.91 Å². The summed E-state index contributed by atoms with van der Waals surface area (Å²) in [6, 6.07) is 0.672. The number of carbonyl (C=O) groups excluding carboxylic acids is 1. The van der Waals surface area contributed by atoms with E-state index >= 15 is 0 Å². The summed E-state index contributed by atoms with van der Waals surface area (Å²) in [7, 11) is 2.18. The Morgan fingerprint density at radius 2 is 1.83 bits per heavy atom. The van der Waals surface area contributed by atoms with E-state index in [1.807, 2.05) is 18.7 Å². The summed E-state index contributed by atoms with van der Waals surface area (Å²) < 4.78 is 0. The average Bonchev–Trinajstić information content (AvgIpc) is 2.41.